The van der Waals surface area contributed by atoms with Crippen LogP contribution in [0.4, 0.5) is 15.5 Å². The molecule has 3 N–H and O–H groups in total. The number of thiophene rings is 1. The standard InChI is InChI=1S/C18H21N3O3S2/c1-11(2)9-14(22)19-15-13(12-7-5-4-6-8-12)10-26-16(15)20-17(25)21-18(23)24-3/h4-8,10-11H,9H2,1-3H3,(H,19,22)(H2,20,21,23,25). The fourth-order valence-corrected chi connectivity index (χ4v) is 3.42. The van der Waals surface area contributed by atoms with Gasteiger partial charge in [0.25, 0.3) is 0 Å². The zero-order valence-corrected chi connectivity index (χ0v) is 16.4. The maximum Gasteiger partial charge on any atom is 0.413 e. The number of nitrogens with one attached hydrogen (secondary N) is 3. The lowest BCUT2D eigenvalue weighted by molar-refractivity contribution is -0.116. The summed E-state index contributed by atoms with van der Waals surface area (Å²) in [7, 11) is 1.26. The van der Waals surface area contributed by atoms with Crippen LogP contribution in [0.2, 0.25) is 0 Å². The Morgan fingerprint density at radius 2 is 1.88 bits per heavy atom. The Balaban J connectivity index is 2.29. The number of carbonyl (C=O) groups is 2. The molecule has 1 heterocycles. The number of thiocarbonyl (C=S) groups is 1. The van der Waals surface area contributed by atoms with Gasteiger partial charge in [-0.15, -0.1) is 11.3 Å². The number of hydrogen-bond acceptors (Lipinski definition) is 5. The van der Waals surface area contributed by atoms with Crippen LogP contribution in [0.25, 0.3) is 11.1 Å². The van der Waals surface area contributed by atoms with Crippen LogP contribution in [0.1, 0.15) is 20.3 Å². The summed E-state index contributed by atoms with van der Waals surface area (Å²) in [5.74, 6) is 0.165. The molecule has 0 aliphatic heterocycles. The first-order chi connectivity index (χ1) is 12.4. The van der Waals surface area contributed by atoms with E-state index in [1.54, 1.807) is 0 Å². The number of carbonyl (C=O) groups excluding carboxylic acids is 2. The second-order valence-corrected chi connectivity index (χ2v) is 7.22. The summed E-state index contributed by atoms with van der Waals surface area (Å²) in [6, 6.07) is 9.73. The van der Waals surface area contributed by atoms with Crippen molar-refractivity contribution in [2.75, 3.05) is 17.7 Å². The van der Waals surface area contributed by atoms with E-state index in [2.05, 4.69) is 20.7 Å². The van der Waals surface area contributed by atoms with Gasteiger partial charge in [-0.3, -0.25) is 10.1 Å². The normalized spacial score (nSPS) is 10.3. The summed E-state index contributed by atoms with van der Waals surface area (Å²) in [6.07, 6.45) is -0.248. The van der Waals surface area contributed by atoms with Gasteiger partial charge in [0.1, 0.15) is 5.00 Å². The molecule has 26 heavy (non-hydrogen) atoms. The molecule has 6 nitrogen and oxygen atoms in total. The summed E-state index contributed by atoms with van der Waals surface area (Å²) in [4.78, 5) is 23.6. The first-order valence-corrected chi connectivity index (χ1v) is 9.32. The van der Waals surface area contributed by atoms with Gasteiger partial charge in [0.15, 0.2) is 5.11 Å². The molecule has 0 atom stereocenters. The van der Waals surface area contributed by atoms with E-state index in [0.717, 1.165) is 11.1 Å². The Morgan fingerprint density at radius 3 is 2.50 bits per heavy atom. The molecule has 2 aromatic rings. The molecule has 8 heteroatoms. The molecule has 0 saturated heterocycles. The molecule has 0 bridgehead atoms. The first-order valence-electron chi connectivity index (χ1n) is 8.03. The maximum atomic E-state index is 12.3. The lowest BCUT2D eigenvalue weighted by atomic mass is 10.1. The summed E-state index contributed by atoms with van der Waals surface area (Å²) < 4.78 is 4.53. The smallest absolute Gasteiger partial charge is 0.413 e. The molecular weight excluding hydrogens is 370 g/mol. The number of anilines is 2. The third-order valence-corrected chi connectivity index (χ3v) is 4.46. The minimum absolute atomic E-state index is 0.0783. The predicted octanol–water partition coefficient (Wildman–Crippen LogP) is 4.45. The highest BCUT2D eigenvalue weighted by Crippen LogP contribution is 2.40. The number of methoxy groups -OCH3 is 1. The minimum Gasteiger partial charge on any atom is -0.453 e. The fraction of sp³-hybridized carbons (Fsp3) is 0.278. The molecule has 2 amide bonds. The van der Waals surface area contributed by atoms with Crippen molar-refractivity contribution >= 4 is 51.4 Å². The number of hydrogen-bond donors (Lipinski definition) is 3. The van der Waals surface area contributed by atoms with Crippen LogP contribution >= 0.6 is 23.6 Å². The summed E-state index contributed by atoms with van der Waals surface area (Å²) >= 11 is 6.51. The summed E-state index contributed by atoms with van der Waals surface area (Å²) in [5.41, 5.74) is 2.50. The maximum absolute atomic E-state index is 12.3. The Labute approximate surface area is 161 Å². The van der Waals surface area contributed by atoms with Crippen molar-refractivity contribution in [1.82, 2.24) is 5.32 Å². The topological polar surface area (TPSA) is 79.5 Å². The van der Waals surface area contributed by atoms with E-state index in [9.17, 15) is 9.59 Å². The minimum atomic E-state index is -0.660. The quantitative estimate of drug-likeness (QED) is 0.656. The molecule has 0 aliphatic carbocycles. The highest BCUT2D eigenvalue weighted by molar-refractivity contribution is 7.80. The highest BCUT2D eigenvalue weighted by Gasteiger charge is 2.18. The van der Waals surface area contributed by atoms with E-state index in [1.807, 2.05) is 49.6 Å². The number of alkyl carbamates (subject to hydrolysis) is 1. The number of rotatable bonds is 5. The molecule has 2 rings (SSSR count). The van der Waals surface area contributed by atoms with Crippen LogP contribution in [-0.2, 0) is 9.53 Å². The molecule has 1 aromatic carbocycles. The van der Waals surface area contributed by atoms with Crippen molar-refractivity contribution in [3.63, 3.8) is 0 Å². The van der Waals surface area contributed by atoms with Crippen molar-refractivity contribution in [3.05, 3.63) is 35.7 Å². The Bertz CT molecular complexity index is 788. The van der Waals surface area contributed by atoms with Crippen LogP contribution in [0, 0.1) is 5.92 Å². The molecule has 0 spiro atoms. The van der Waals surface area contributed by atoms with Gasteiger partial charge in [0, 0.05) is 17.4 Å². The van der Waals surface area contributed by atoms with Gasteiger partial charge in [0.2, 0.25) is 5.91 Å². The number of amides is 2. The SMILES string of the molecule is COC(=O)NC(=S)Nc1scc(-c2ccccc2)c1NC(=O)CC(C)C. The van der Waals surface area contributed by atoms with Crippen molar-refractivity contribution in [2.45, 2.75) is 20.3 Å². The van der Waals surface area contributed by atoms with Gasteiger partial charge in [-0.2, -0.15) is 0 Å². The van der Waals surface area contributed by atoms with Crippen LogP contribution in [0.15, 0.2) is 35.7 Å². The second kappa shape index (κ2) is 9.30. The van der Waals surface area contributed by atoms with Gasteiger partial charge in [-0.1, -0.05) is 44.2 Å². The zero-order chi connectivity index (χ0) is 19.1. The monoisotopic (exact) mass is 391 g/mol. The Morgan fingerprint density at radius 1 is 1.19 bits per heavy atom. The predicted molar refractivity (Wildman–Crippen MR) is 110 cm³/mol. The van der Waals surface area contributed by atoms with Crippen molar-refractivity contribution in [3.8, 4) is 11.1 Å². The van der Waals surface area contributed by atoms with E-state index in [0.29, 0.717) is 17.1 Å². The van der Waals surface area contributed by atoms with Crippen LogP contribution in [-0.4, -0.2) is 24.2 Å². The van der Waals surface area contributed by atoms with Gasteiger partial charge < -0.3 is 15.4 Å². The third kappa shape index (κ3) is 5.53. The van der Waals surface area contributed by atoms with E-state index in [1.165, 1.54) is 18.4 Å². The molecular formula is C18H21N3O3S2. The van der Waals surface area contributed by atoms with Gasteiger partial charge in [-0.25, -0.2) is 4.79 Å². The number of benzene rings is 1. The molecule has 1 aromatic heterocycles. The lowest BCUT2D eigenvalue weighted by Gasteiger charge is -2.13. The lowest BCUT2D eigenvalue weighted by Crippen LogP contribution is -2.33. The Kier molecular flexibility index (Phi) is 7.11. The van der Waals surface area contributed by atoms with E-state index >= 15 is 0 Å². The zero-order valence-electron chi connectivity index (χ0n) is 14.8. The fourth-order valence-electron chi connectivity index (χ4n) is 2.24. The van der Waals surface area contributed by atoms with E-state index < -0.39 is 6.09 Å². The summed E-state index contributed by atoms with van der Waals surface area (Å²) in [5, 5.41) is 11.0. The molecule has 0 saturated carbocycles. The second-order valence-electron chi connectivity index (χ2n) is 5.94. The number of ether oxygens (including phenoxy) is 1. The van der Waals surface area contributed by atoms with Crippen molar-refractivity contribution in [2.24, 2.45) is 5.92 Å². The van der Waals surface area contributed by atoms with E-state index in [-0.39, 0.29) is 16.9 Å². The molecule has 0 aliphatic rings. The molecule has 0 radical (unpaired) electrons. The van der Waals surface area contributed by atoms with Crippen molar-refractivity contribution in [1.29, 1.82) is 0 Å². The average molecular weight is 392 g/mol. The van der Waals surface area contributed by atoms with Crippen LogP contribution < -0.4 is 16.0 Å². The third-order valence-electron chi connectivity index (χ3n) is 3.36. The average Bonchev–Trinajstić information content (AvgIpc) is 2.97. The van der Waals surface area contributed by atoms with Gasteiger partial charge in [-0.05, 0) is 23.7 Å². The van der Waals surface area contributed by atoms with Crippen LogP contribution in [0.5, 0.6) is 0 Å². The summed E-state index contributed by atoms with van der Waals surface area (Å²) in [6.45, 7) is 3.97. The van der Waals surface area contributed by atoms with Crippen molar-refractivity contribution < 1.29 is 14.3 Å². The first kappa shape index (κ1) is 19.9. The van der Waals surface area contributed by atoms with E-state index in [4.69, 9.17) is 12.2 Å². The largest absolute Gasteiger partial charge is 0.453 e. The Hall–Kier alpha value is -2.45. The van der Waals surface area contributed by atoms with Crippen LogP contribution in [0.3, 0.4) is 0 Å². The molecule has 138 valence electrons. The van der Waals surface area contributed by atoms with Gasteiger partial charge >= 0.3 is 6.09 Å². The molecule has 0 fully saturated rings. The van der Waals surface area contributed by atoms with Gasteiger partial charge in [0.05, 0.1) is 12.8 Å². The highest BCUT2D eigenvalue weighted by atomic mass is 32.1. The molecule has 0 unspecified atom stereocenters.